The van der Waals surface area contributed by atoms with Crippen LogP contribution in [0.1, 0.15) is 29.9 Å². The number of amides is 1. The van der Waals surface area contributed by atoms with Gasteiger partial charge in [0.15, 0.2) is 0 Å². The summed E-state index contributed by atoms with van der Waals surface area (Å²) in [6.45, 7) is 5.45. The summed E-state index contributed by atoms with van der Waals surface area (Å²) < 4.78 is 2.01. The van der Waals surface area contributed by atoms with Gasteiger partial charge in [0.2, 0.25) is 0 Å². The minimum absolute atomic E-state index is 0. The van der Waals surface area contributed by atoms with Crippen molar-refractivity contribution in [1.82, 2.24) is 14.9 Å². The highest BCUT2D eigenvalue weighted by Gasteiger charge is 2.11. The Morgan fingerprint density at radius 1 is 1.45 bits per heavy atom. The fourth-order valence-electron chi connectivity index (χ4n) is 2.06. The molecule has 1 aromatic heterocycles. The van der Waals surface area contributed by atoms with E-state index in [-0.39, 0.29) is 29.6 Å². The molecule has 1 aromatic carbocycles. The third kappa shape index (κ3) is 4.39. The van der Waals surface area contributed by atoms with Crippen LogP contribution in [-0.4, -0.2) is 20.6 Å². The molecule has 1 amide bonds. The summed E-state index contributed by atoms with van der Waals surface area (Å²) in [5, 5.41) is 12.2. The number of nitrogens with zero attached hydrogens (tertiary/aromatic N) is 2. The second kappa shape index (κ2) is 7.70. The minimum Gasteiger partial charge on any atom is -0.508 e. The van der Waals surface area contributed by atoms with Crippen LogP contribution >= 0.6 is 12.4 Å². The van der Waals surface area contributed by atoms with Gasteiger partial charge in [-0.1, -0.05) is 13.8 Å². The number of nitrogens with two attached hydrogens (primary N) is 1. The van der Waals surface area contributed by atoms with Crippen molar-refractivity contribution in [2.24, 2.45) is 5.92 Å². The summed E-state index contributed by atoms with van der Waals surface area (Å²) in [4.78, 5) is 16.2. The smallest absolute Gasteiger partial charge is 0.253 e. The number of phenolic OH excluding ortho intramolecular Hbond substituents is 1. The van der Waals surface area contributed by atoms with Crippen LogP contribution in [0.25, 0.3) is 0 Å². The number of aromatic hydroxyl groups is 1. The maximum Gasteiger partial charge on any atom is 0.253 e. The van der Waals surface area contributed by atoms with Crippen LogP contribution in [0.3, 0.4) is 0 Å². The molecule has 2 rings (SSSR count). The Morgan fingerprint density at radius 3 is 2.86 bits per heavy atom. The summed E-state index contributed by atoms with van der Waals surface area (Å²) in [6.07, 6.45) is 3.48. The van der Waals surface area contributed by atoms with E-state index in [0.29, 0.717) is 18.2 Å². The zero-order chi connectivity index (χ0) is 15.4. The van der Waals surface area contributed by atoms with Crippen molar-refractivity contribution in [2.75, 3.05) is 5.73 Å². The normalized spacial score (nSPS) is 10.3. The number of carbonyl (C=O) groups excluding carboxylic acids is 1. The van der Waals surface area contributed by atoms with E-state index in [1.54, 1.807) is 12.5 Å². The first-order valence-electron chi connectivity index (χ1n) is 6.83. The lowest BCUT2D eigenvalue weighted by Crippen LogP contribution is -2.25. The van der Waals surface area contributed by atoms with Crippen LogP contribution in [0.5, 0.6) is 5.75 Å². The lowest BCUT2D eigenvalue weighted by Gasteiger charge is -2.12. The van der Waals surface area contributed by atoms with Crippen molar-refractivity contribution < 1.29 is 9.90 Å². The van der Waals surface area contributed by atoms with E-state index in [1.165, 1.54) is 18.2 Å². The van der Waals surface area contributed by atoms with E-state index in [4.69, 9.17) is 5.73 Å². The molecule has 0 fully saturated rings. The Morgan fingerprint density at radius 2 is 2.18 bits per heavy atom. The number of nitrogen functional groups attached to an aromatic ring is 1. The molecule has 0 aliphatic rings. The number of rotatable bonds is 5. The zero-order valence-corrected chi connectivity index (χ0v) is 13.4. The number of hydrogen-bond donors (Lipinski definition) is 3. The Balaban J connectivity index is 0.00000242. The van der Waals surface area contributed by atoms with E-state index in [2.05, 4.69) is 24.1 Å². The largest absolute Gasteiger partial charge is 0.508 e. The molecule has 7 heteroatoms. The molecule has 0 unspecified atom stereocenters. The Hall–Kier alpha value is -2.21. The van der Waals surface area contributed by atoms with Gasteiger partial charge < -0.3 is 20.7 Å². The summed E-state index contributed by atoms with van der Waals surface area (Å²) >= 11 is 0. The second-order valence-corrected chi connectivity index (χ2v) is 5.39. The molecular weight excluding hydrogens is 304 g/mol. The number of nitrogens with one attached hydrogen (secondary N) is 1. The molecule has 0 saturated heterocycles. The number of anilines is 1. The highest BCUT2D eigenvalue weighted by atomic mass is 35.5. The molecule has 4 N–H and O–H groups in total. The van der Waals surface area contributed by atoms with Crippen molar-refractivity contribution in [3.63, 3.8) is 0 Å². The van der Waals surface area contributed by atoms with E-state index in [9.17, 15) is 9.90 Å². The fraction of sp³-hybridized carbons (Fsp3) is 0.333. The number of phenols is 1. The topological polar surface area (TPSA) is 93.2 Å². The zero-order valence-electron chi connectivity index (χ0n) is 12.6. The van der Waals surface area contributed by atoms with Gasteiger partial charge in [-0.2, -0.15) is 0 Å². The van der Waals surface area contributed by atoms with E-state index in [1.807, 2.05) is 4.57 Å². The van der Waals surface area contributed by atoms with E-state index < -0.39 is 0 Å². The number of aromatic nitrogens is 2. The molecular formula is C15H21ClN4O2. The van der Waals surface area contributed by atoms with Gasteiger partial charge in [-0.3, -0.25) is 4.79 Å². The summed E-state index contributed by atoms with van der Waals surface area (Å²) in [6, 6.07) is 4.31. The predicted molar refractivity (Wildman–Crippen MR) is 88.0 cm³/mol. The van der Waals surface area contributed by atoms with Crippen molar-refractivity contribution in [3.8, 4) is 5.75 Å². The van der Waals surface area contributed by atoms with Crippen LogP contribution in [0.2, 0.25) is 0 Å². The van der Waals surface area contributed by atoms with Crippen molar-refractivity contribution in [2.45, 2.75) is 26.9 Å². The lowest BCUT2D eigenvalue weighted by atomic mass is 10.1. The molecule has 0 bridgehead atoms. The molecule has 22 heavy (non-hydrogen) atoms. The first-order chi connectivity index (χ1) is 9.97. The highest BCUT2D eigenvalue weighted by molar-refractivity contribution is 5.99. The van der Waals surface area contributed by atoms with Gasteiger partial charge >= 0.3 is 0 Å². The van der Waals surface area contributed by atoms with E-state index in [0.717, 1.165) is 12.2 Å². The highest BCUT2D eigenvalue weighted by Crippen LogP contribution is 2.18. The van der Waals surface area contributed by atoms with Crippen LogP contribution < -0.4 is 11.1 Å². The molecule has 120 valence electrons. The molecule has 6 nitrogen and oxygen atoms in total. The summed E-state index contributed by atoms with van der Waals surface area (Å²) in [7, 11) is 0. The molecule has 0 atom stereocenters. The number of hydrogen-bond acceptors (Lipinski definition) is 4. The average molecular weight is 325 g/mol. The quantitative estimate of drug-likeness (QED) is 0.580. The van der Waals surface area contributed by atoms with Gasteiger partial charge in [0, 0.05) is 18.4 Å². The third-order valence-electron chi connectivity index (χ3n) is 3.07. The van der Waals surface area contributed by atoms with Crippen molar-refractivity contribution in [1.29, 1.82) is 0 Å². The maximum atomic E-state index is 12.1. The Bertz CT molecular complexity index is 640. The van der Waals surface area contributed by atoms with Crippen LogP contribution in [0, 0.1) is 5.92 Å². The molecule has 0 spiro atoms. The van der Waals surface area contributed by atoms with E-state index >= 15 is 0 Å². The number of halogens is 1. The first-order valence-corrected chi connectivity index (χ1v) is 6.83. The minimum atomic E-state index is -0.319. The van der Waals surface area contributed by atoms with Crippen molar-refractivity contribution >= 4 is 24.0 Å². The molecule has 0 aliphatic heterocycles. The lowest BCUT2D eigenvalue weighted by molar-refractivity contribution is 0.0950. The Kier molecular flexibility index (Phi) is 6.24. The monoisotopic (exact) mass is 324 g/mol. The fourth-order valence-corrected chi connectivity index (χ4v) is 2.06. The van der Waals surface area contributed by atoms with Crippen LogP contribution in [-0.2, 0) is 13.1 Å². The molecule has 0 radical (unpaired) electrons. The second-order valence-electron chi connectivity index (χ2n) is 5.39. The van der Waals surface area contributed by atoms with Crippen molar-refractivity contribution in [3.05, 3.63) is 42.0 Å². The van der Waals surface area contributed by atoms with Crippen LogP contribution in [0.15, 0.2) is 30.7 Å². The summed E-state index contributed by atoms with van der Waals surface area (Å²) in [5.74, 6) is 0.190. The predicted octanol–water partition coefficient (Wildman–Crippen LogP) is 2.18. The van der Waals surface area contributed by atoms with Crippen LogP contribution in [0.4, 0.5) is 5.69 Å². The van der Waals surface area contributed by atoms with Gasteiger partial charge in [-0.15, -0.1) is 12.4 Å². The first kappa shape index (κ1) is 17.8. The van der Waals surface area contributed by atoms with Gasteiger partial charge in [-0.25, -0.2) is 4.98 Å². The van der Waals surface area contributed by atoms with Gasteiger partial charge in [-0.05, 0) is 24.1 Å². The summed E-state index contributed by atoms with van der Waals surface area (Å²) in [5.41, 5.74) is 7.27. The van der Waals surface area contributed by atoms with Gasteiger partial charge in [0.05, 0.1) is 24.1 Å². The maximum absolute atomic E-state index is 12.1. The molecule has 2 aromatic rings. The number of benzene rings is 1. The average Bonchev–Trinajstić information content (AvgIpc) is 2.85. The number of carbonyl (C=O) groups is 1. The number of imidazole rings is 1. The third-order valence-corrected chi connectivity index (χ3v) is 3.07. The van der Waals surface area contributed by atoms with Gasteiger partial charge in [0.25, 0.3) is 5.91 Å². The molecule has 0 aliphatic carbocycles. The molecule has 0 saturated carbocycles. The molecule has 1 heterocycles. The van der Waals surface area contributed by atoms with Gasteiger partial charge in [0.1, 0.15) is 5.75 Å². The SMILES string of the molecule is CC(C)Cn1cncc1CNC(=O)c1cc(O)ccc1N.Cl. The standard InChI is InChI=1S/C15H20N4O2.ClH/c1-10(2)8-19-9-17-6-11(19)7-18-15(21)13-5-12(20)3-4-14(13)16;/h3-6,9-10,20H,7-8,16H2,1-2H3,(H,18,21);1H. The Labute approximate surface area is 135 Å².